The first kappa shape index (κ1) is 23.9. The third kappa shape index (κ3) is 13.2. The average Bonchev–Trinajstić information content (AvgIpc) is 2.60. The summed E-state index contributed by atoms with van der Waals surface area (Å²) in [5.41, 5.74) is 0. The Morgan fingerprint density at radius 2 is 1.75 bits per heavy atom. The molecule has 1 aliphatic rings. The Bertz CT molecular complexity index is 301. The van der Waals surface area contributed by atoms with Crippen molar-refractivity contribution in [3.05, 3.63) is 0 Å². The van der Waals surface area contributed by atoms with Gasteiger partial charge in [-0.05, 0) is 31.6 Å². The third-order valence-electron chi connectivity index (χ3n) is 3.86. The molecule has 0 amide bonds. The van der Waals surface area contributed by atoms with E-state index in [9.17, 15) is 0 Å². The molecule has 144 valence electrons. The predicted molar refractivity (Wildman–Crippen MR) is 109 cm³/mol. The van der Waals surface area contributed by atoms with Crippen molar-refractivity contribution in [1.82, 2.24) is 10.6 Å². The standard InChI is InChI=1S/C17H35N3O3.HI/c1-3-4-10-21-14-9-20-17(18-2)19-8-5-11-23-15-16-6-12-22-13-7-16;/h16H,3-15H2,1-2H3,(H2,18,19,20);1H. The number of nitrogens with zero attached hydrogens (tertiary/aromatic N) is 1. The van der Waals surface area contributed by atoms with Crippen molar-refractivity contribution in [3.8, 4) is 0 Å². The molecule has 0 unspecified atom stereocenters. The van der Waals surface area contributed by atoms with Gasteiger partial charge >= 0.3 is 0 Å². The fourth-order valence-corrected chi connectivity index (χ4v) is 2.35. The maximum Gasteiger partial charge on any atom is 0.191 e. The van der Waals surface area contributed by atoms with Crippen molar-refractivity contribution in [2.75, 3.05) is 59.8 Å². The molecular weight excluding hydrogens is 421 g/mol. The molecule has 0 aromatic carbocycles. The second-order valence-electron chi connectivity index (χ2n) is 5.88. The first-order chi connectivity index (χ1) is 11.4. The summed E-state index contributed by atoms with van der Waals surface area (Å²) in [7, 11) is 1.79. The van der Waals surface area contributed by atoms with Crippen LogP contribution in [0, 0.1) is 5.92 Å². The molecule has 0 radical (unpaired) electrons. The molecule has 0 saturated carbocycles. The molecule has 6 nitrogen and oxygen atoms in total. The molecule has 0 spiro atoms. The lowest BCUT2D eigenvalue weighted by atomic mass is 10.0. The monoisotopic (exact) mass is 457 g/mol. The Balaban J connectivity index is 0.00000529. The highest BCUT2D eigenvalue weighted by atomic mass is 127. The van der Waals surface area contributed by atoms with Crippen LogP contribution < -0.4 is 10.6 Å². The average molecular weight is 457 g/mol. The Morgan fingerprint density at radius 3 is 2.46 bits per heavy atom. The molecule has 1 saturated heterocycles. The molecule has 2 N–H and O–H groups in total. The number of hydrogen-bond acceptors (Lipinski definition) is 4. The summed E-state index contributed by atoms with van der Waals surface area (Å²) in [6.45, 7) is 8.81. The second kappa shape index (κ2) is 17.7. The Morgan fingerprint density at radius 1 is 1.04 bits per heavy atom. The molecule has 0 aliphatic carbocycles. The molecule has 0 aromatic heterocycles. The lowest BCUT2D eigenvalue weighted by Crippen LogP contribution is -2.39. The van der Waals surface area contributed by atoms with Crippen molar-refractivity contribution in [3.63, 3.8) is 0 Å². The van der Waals surface area contributed by atoms with E-state index >= 15 is 0 Å². The van der Waals surface area contributed by atoms with E-state index in [-0.39, 0.29) is 24.0 Å². The summed E-state index contributed by atoms with van der Waals surface area (Å²) >= 11 is 0. The highest BCUT2D eigenvalue weighted by molar-refractivity contribution is 14.0. The minimum absolute atomic E-state index is 0. The first-order valence-electron chi connectivity index (χ1n) is 9.04. The van der Waals surface area contributed by atoms with Crippen LogP contribution in [0.2, 0.25) is 0 Å². The highest BCUT2D eigenvalue weighted by Crippen LogP contribution is 2.14. The van der Waals surface area contributed by atoms with Crippen LogP contribution in [0.3, 0.4) is 0 Å². The van der Waals surface area contributed by atoms with E-state index < -0.39 is 0 Å². The largest absolute Gasteiger partial charge is 0.381 e. The van der Waals surface area contributed by atoms with E-state index in [1.165, 1.54) is 6.42 Å². The van der Waals surface area contributed by atoms with Gasteiger partial charge in [0, 0.05) is 53.2 Å². The zero-order valence-electron chi connectivity index (χ0n) is 15.3. The minimum atomic E-state index is 0. The summed E-state index contributed by atoms with van der Waals surface area (Å²) in [6.07, 6.45) is 5.55. The van der Waals surface area contributed by atoms with Gasteiger partial charge in [0.15, 0.2) is 5.96 Å². The molecule has 0 aromatic rings. The predicted octanol–water partition coefficient (Wildman–Crippen LogP) is 2.42. The highest BCUT2D eigenvalue weighted by Gasteiger charge is 2.13. The quantitative estimate of drug-likeness (QED) is 0.204. The van der Waals surface area contributed by atoms with Crippen LogP contribution in [0.1, 0.15) is 39.0 Å². The van der Waals surface area contributed by atoms with E-state index in [4.69, 9.17) is 14.2 Å². The molecule has 7 heteroatoms. The van der Waals surface area contributed by atoms with Crippen molar-refractivity contribution in [2.24, 2.45) is 10.9 Å². The van der Waals surface area contributed by atoms with E-state index in [0.717, 1.165) is 84.4 Å². The maximum atomic E-state index is 5.75. The van der Waals surface area contributed by atoms with Gasteiger partial charge in [0.05, 0.1) is 6.61 Å². The molecule has 0 atom stereocenters. The molecule has 1 aliphatic heterocycles. The van der Waals surface area contributed by atoms with Gasteiger partial charge in [-0.2, -0.15) is 0 Å². The van der Waals surface area contributed by atoms with E-state index in [0.29, 0.717) is 5.92 Å². The number of halogens is 1. The van der Waals surface area contributed by atoms with Crippen molar-refractivity contribution >= 4 is 29.9 Å². The number of guanidine groups is 1. The lowest BCUT2D eigenvalue weighted by molar-refractivity contribution is 0.0203. The van der Waals surface area contributed by atoms with Gasteiger partial charge in [0.1, 0.15) is 0 Å². The van der Waals surface area contributed by atoms with Gasteiger partial charge in [-0.15, -0.1) is 24.0 Å². The van der Waals surface area contributed by atoms with Crippen LogP contribution in [-0.4, -0.2) is 65.7 Å². The van der Waals surface area contributed by atoms with Crippen LogP contribution in [0.5, 0.6) is 0 Å². The molecule has 24 heavy (non-hydrogen) atoms. The second-order valence-corrected chi connectivity index (χ2v) is 5.88. The summed E-state index contributed by atoms with van der Waals surface area (Å²) in [5, 5.41) is 6.54. The first-order valence-corrected chi connectivity index (χ1v) is 9.04. The third-order valence-corrected chi connectivity index (χ3v) is 3.86. The van der Waals surface area contributed by atoms with Gasteiger partial charge in [-0.1, -0.05) is 13.3 Å². The maximum absolute atomic E-state index is 5.75. The molecule has 1 rings (SSSR count). The number of nitrogens with one attached hydrogen (secondary N) is 2. The van der Waals surface area contributed by atoms with E-state index in [1.807, 2.05) is 0 Å². The number of ether oxygens (including phenoxy) is 3. The van der Waals surface area contributed by atoms with Gasteiger partial charge < -0.3 is 24.8 Å². The van der Waals surface area contributed by atoms with Gasteiger partial charge in [-0.25, -0.2) is 0 Å². The topological polar surface area (TPSA) is 64.1 Å². The number of aliphatic imine (C=N–C) groups is 1. The lowest BCUT2D eigenvalue weighted by Gasteiger charge is -2.21. The Labute approximate surface area is 164 Å². The Kier molecular flexibility index (Phi) is 17.6. The van der Waals surface area contributed by atoms with Gasteiger partial charge in [0.2, 0.25) is 0 Å². The minimum Gasteiger partial charge on any atom is -0.381 e. The Hall–Kier alpha value is -0.120. The molecular formula is C17H36IN3O3. The van der Waals surface area contributed by atoms with Crippen LogP contribution in [0.25, 0.3) is 0 Å². The number of rotatable bonds is 12. The van der Waals surface area contributed by atoms with Crippen molar-refractivity contribution in [2.45, 2.75) is 39.0 Å². The molecule has 1 heterocycles. The fraction of sp³-hybridized carbons (Fsp3) is 0.941. The summed E-state index contributed by atoms with van der Waals surface area (Å²) in [6, 6.07) is 0. The van der Waals surface area contributed by atoms with Crippen molar-refractivity contribution < 1.29 is 14.2 Å². The summed E-state index contributed by atoms with van der Waals surface area (Å²) in [4.78, 5) is 4.20. The van der Waals surface area contributed by atoms with Crippen LogP contribution in [-0.2, 0) is 14.2 Å². The van der Waals surface area contributed by atoms with E-state index in [2.05, 4.69) is 22.5 Å². The summed E-state index contributed by atoms with van der Waals surface area (Å²) in [5.74, 6) is 1.51. The number of unbranched alkanes of at least 4 members (excludes halogenated alkanes) is 1. The smallest absolute Gasteiger partial charge is 0.191 e. The number of hydrogen-bond donors (Lipinski definition) is 2. The molecule has 0 bridgehead atoms. The SMILES string of the molecule is CCCCOCCNC(=NC)NCCCOCC1CCOCC1.I. The normalized spacial score (nSPS) is 15.8. The van der Waals surface area contributed by atoms with E-state index in [1.54, 1.807) is 7.05 Å². The fourth-order valence-electron chi connectivity index (χ4n) is 2.35. The van der Waals surface area contributed by atoms with Crippen molar-refractivity contribution in [1.29, 1.82) is 0 Å². The zero-order chi connectivity index (χ0) is 16.6. The van der Waals surface area contributed by atoms with Gasteiger partial charge in [0.25, 0.3) is 0 Å². The zero-order valence-corrected chi connectivity index (χ0v) is 17.7. The molecule has 1 fully saturated rings. The van der Waals surface area contributed by atoms with Crippen LogP contribution in [0.4, 0.5) is 0 Å². The summed E-state index contributed by atoms with van der Waals surface area (Å²) < 4.78 is 16.6. The van der Waals surface area contributed by atoms with Crippen LogP contribution in [0.15, 0.2) is 4.99 Å². The van der Waals surface area contributed by atoms with Gasteiger partial charge in [-0.3, -0.25) is 4.99 Å². The van der Waals surface area contributed by atoms with Crippen LogP contribution >= 0.6 is 24.0 Å².